The first-order valence-corrected chi connectivity index (χ1v) is 6.28. The van der Waals surface area contributed by atoms with Gasteiger partial charge >= 0.3 is 0 Å². The molecule has 0 bridgehead atoms. The molecule has 2 heterocycles. The quantitative estimate of drug-likeness (QED) is 0.852. The number of carbonyl (C=O) groups excluding carboxylic acids is 1. The molecule has 1 fully saturated rings. The van der Waals surface area contributed by atoms with Gasteiger partial charge in [0.1, 0.15) is 6.17 Å². The first-order valence-electron chi connectivity index (χ1n) is 6.28. The topological polar surface area (TPSA) is 63.1 Å². The lowest BCUT2D eigenvalue weighted by Gasteiger charge is -2.33. The van der Waals surface area contributed by atoms with Gasteiger partial charge in [-0.25, -0.2) is 4.68 Å². The second-order valence-corrected chi connectivity index (χ2v) is 4.47. The van der Waals surface area contributed by atoms with Gasteiger partial charge in [-0.3, -0.25) is 10.1 Å². The fourth-order valence-electron chi connectivity index (χ4n) is 2.24. The Balaban J connectivity index is 1.73. The fraction of sp³-hybridized carbons (Fsp3) is 0.308. The van der Waals surface area contributed by atoms with E-state index in [1.165, 1.54) is 0 Å². The Kier molecular flexibility index (Phi) is 3.24. The van der Waals surface area contributed by atoms with Crippen LogP contribution in [0.2, 0.25) is 0 Å². The van der Waals surface area contributed by atoms with Crippen molar-refractivity contribution in [3.05, 3.63) is 48.3 Å². The summed E-state index contributed by atoms with van der Waals surface area (Å²) in [5.74, 6) is 0.0622. The maximum atomic E-state index is 12.4. The van der Waals surface area contributed by atoms with Crippen molar-refractivity contribution >= 4 is 5.91 Å². The minimum absolute atomic E-state index is 0.0103. The third-order valence-corrected chi connectivity index (χ3v) is 3.22. The molecular weight excluding hydrogens is 242 g/mol. The molecule has 1 aliphatic heterocycles. The van der Waals surface area contributed by atoms with Crippen molar-refractivity contribution in [2.45, 2.75) is 6.17 Å². The second kappa shape index (κ2) is 5.19. The van der Waals surface area contributed by atoms with Gasteiger partial charge in [-0.05, 0) is 12.1 Å². The van der Waals surface area contributed by atoms with Crippen LogP contribution in [0.1, 0.15) is 16.5 Å². The summed E-state index contributed by atoms with van der Waals surface area (Å²) in [6.07, 6.45) is 3.43. The van der Waals surface area contributed by atoms with Crippen molar-refractivity contribution in [1.82, 2.24) is 25.2 Å². The van der Waals surface area contributed by atoms with Crippen LogP contribution in [0.3, 0.4) is 0 Å². The van der Waals surface area contributed by atoms with Crippen molar-refractivity contribution in [1.29, 1.82) is 0 Å². The van der Waals surface area contributed by atoms with Crippen molar-refractivity contribution in [2.24, 2.45) is 0 Å². The average molecular weight is 257 g/mol. The highest BCUT2D eigenvalue weighted by molar-refractivity contribution is 5.94. The summed E-state index contributed by atoms with van der Waals surface area (Å²) in [7, 11) is 0. The Labute approximate surface area is 111 Å². The Bertz CT molecular complexity index is 539. The van der Waals surface area contributed by atoms with Crippen molar-refractivity contribution in [2.75, 3.05) is 19.6 Å². The zero-order valence-electron chi connectivity index (χ0n) is 10.4. The van der Waals surface area contributed by atoms with Crippen LogP contribution < -0.4 is 5.32 Å². The van der Waals surface area contributed by atoms with Crippen LogP contribution in [0.25, 0.3) is 0 Å². The van der Waals surface area contributed by atoms with E-state index in [1.54, 1.807) is 17.1 Å². The molecule has 1 aromatic heterocycles. The summed E-state index contributed by atoms with van der Waals surface area (Å²) < 4.78 is 1.74. The summed E-state index contributed by atoms with van der Waals surface area (Å²) in [5, 5.41) is 11.1. The minimum Gasteiger partial charge on any atom is -0.334 e. The molecule has 2 aromatic rings. The molecule has 0 aliphatic carbocycles. The molecule has 0 spiro atoms. The lowest BCUT2D eigenvalue weighted by Crippen LogP contribution is -2.50. The first kappa shape index (κ1) is 11.9. The van der Waals surface area contributed by atoms with Crippen LogP contribution in [0, 0.1) is 0 Å². The number of nitrogens with zero attached hydrogens (tertiary/aromatic N) is 4. The zero-order valence-corrected chi connectivity index (χ0v) is 10.4. The maximum Gasteiger partial charge on any atom is 0.254 e. The van der Waals surface area contributed by atoms with Gasteiger partial charge in [0.25, 0.3) is 5.91 Å². The standard InChI is InChI=1S/C13H15N5O/c19-13(11-4-2-1-3-5-11)17-8-6-14-12(10-17)18-9-7-15-16-18/h1-5,7,9,12,14H,6,8,10H2. The molecule has 1 aromatic carbocycles. The zero-order chi connectivity index (χ0) is 13.1. The Morgan fingerprint density at radius 1 is 1.32 bits per heavy atom. The van der Waals surface area contributed by atoms with Gasteiger partial charge in [-0.1, -0.05) is 23.4 Å². The van der Waals surface area contributed by atoms with Crippen molar-refractivity contribution in [3.63, 3.8) is 0 Å². The molecule has 1 N–H and O–H groups in total. The molecule has 0 saturated carbocycles. The van der Waals surface area contributed by atoms with Crippen LogP contribution >= 0.6 is 0 Å². The molecule has 0 radical (unpaired) electrons. The third kappa shape index (κ3) is 2.48. The number of piperazine rings is 1. The highest BCUT2D eigenvalue weighted by atomic mass is 16.2. The van der Waals surface area contributed by atoms with Crippen molar-refractivity contribution in [3.8, 4) is 0 Å². The normalized spacial score (nSPS) is 19.4. The van der Waals surface area contributed by atoms with Crippen LogP contribution in [0.5, 0.6) is 0 Å². The van der Waals surface area contributed by atoms with Gasteiger partial charge in [0.15, 0.2) is 0 Å². The van der Waals surface area contributed by atoms with Gasteiger partial charge in [0.2, 0.25) is 0 Å². The number of hydrogen-bond donors (Lipinski definition) is 1. The fourth-order valence-corrected chi connectivity index (χ4v) is 2.24. The highest BCUT2D eigenvalue weighted by Gasteiger charge is 2.25. The summed E-state index contributed by atoms with van der Waals surface area (Å²) in [6.45, 7) is 2.05. The summed E-state index contributed by atoms with van der Waals surface area (Å²) in [4.78, 5) is 14.2. The van der Waals surface area contributed by atoms with E-state index in [0.29, 0.717) is 13.1 Å². The van der Waals surface area contributed by atoms with E-state index in [1.807, 2.05) is 35.2 Å². The van der Waals surface area contributed by atoms with Crippen LogP contribution in [0.4, 0.5) is 0 Å². The molecular formula is C13H15N5O. The number of benzene rings is 1. The van der Waals surface area contributed by atoms with Gasteiger partial charge in [0.05, 0.1) is 12.7 Å². The predicted molar refractivity (Wildman–Crippen MR) is 69.4 cm³/mol. The van der Waals surface area contributed by atoms with E-state index in [2.05, 4.69) is 15.6 Å². The van der Waals surface area contributed by atoms with E-state index in [9.17, 15) is 4.79 Å². The number of amides is 1. The van der Waals surface area contributed by atoms with E-state index in [0.717, 1.165) is 12.1 Å². The maximum absolute atomic E-state index is 12.4. The summed E-state index contributed by atoms with van der Waals surface area (Å²) in [5.41, 5.74) is 0.724. The van der Waals surface area contributed by atoms with Crippen molar-refractivity contribution < 1.29 is 4.79 Å². The molecule has 1 saturated heterocycles. The summed E-state index contributed by atoms with van der Waals surface area (Å²) >= 11 is 0. The first-order chi connectivity index (χ1) is 9.34. The number of aromatic nitrogens is 3. The smallest absolute Gasteiger partial charge is 0.254 e. The Morgan fingerprint density at radius 3 is 2.89 bits per heavy atom. The van der Waals surface area contributed by atoms with E-state index in [4.69, 9.17) is 0 Å². The lowest BCUT2D eigenvalue weighted by atomic mass is 10.2. The molecule has 19 heavy (non-hydrogen) atoms. The predicted octanol–water partition coefficient (Wildman–Crippen LogP) is 0.522. The molecule has 3 rings (SSSR count). The van der Waals surface area contributed by atoms with Gasteiger partial charge < -0.3 is 4.90 Å². The van der Waals surface area contributed by atoms with E-state index in [-0.39, 0.29) is 12.1 Å². The largest absolute Gasteiger partial charge is 0.334 e. The molecule has 98 valence electrons. The van der Waals surface area contributed by atoms with Crippen LogP contribution in [-0.4, -0.2) is 45.4 Å². The third-order valence-electron chi connectivity index (χ3n) is 3.22. The molecule has 6 nitrogen and oxygen atoms in total. The molecule has 6 heteroatoms. The number of rotatable bonds is 2. The molecule has 1 unspecified atom stereocenters. The SMILES string of the molecule is O=C(c1ccccc1)N1CCNC(n2ccnn2)C1. The number of hydrogen-bond acceptors (Lipinski definition) is 4. The van der Waals surface area contributed by atoms with Gasteiger partial charge in [-0.2, -0.15) is 0 Å². The lowest BCUT2D eigenvalue weighted by molar-refractivity contribution is 0.0660. The minimum atomic E-state index is -0.0103. The Morgan fingerprint density at radius 2 is 2.16 bits per heavy atom. The van der Waals surface area contributed by atoms with Gasteiger partial charge in [-0.15, -0.1) is 5.10 Å². The number of nitrogens with one attached hydrogen (secondary N) is 1. The molecule has 1 aliphatic rings. The molecule has 1 amide bonds. The van der Waals surface area contributed by atoms with E-state index >= 15 is 0 Å². The highest BCUT2D eigenvalue weighted by Crippen LogP contribution is 2.12. The average Bonchev–Trinajstić information content (AvgIpc) is 3.02. The monoisotopic (exact) mass is 257 g/mol. The van der Waals surface area contributed by atoms with E-state index < -0.39 is 0 Å². The van der Waals surface area contributed by atoms with Crippen LogP contribution in [-0.2, 0) is 0 Å². The number of carbonyl (C=O) groups is 1. The molecule has 1 atom stereocenters. The Hall–Kier alpha value is -2.21. The second-order valence-electron chi connectivity index (χ2n) is 4.47. The summed E-state index contributed by atoms with van der Waals surface area (Å²) in [6, 6.07) is 9.35. The van der Waals surface area contributed by atoms with Gasteiger partial charge in [0, 0.05) is 24.8 Å². The van der Waals surface area contributed by atoms with Crippen LogP contribution in [0.15, 0.2) is 42.7 Å².